The second kappa shape index (κ2) is 7.14. The number of nitrogens with one attached hydrogen (secondary N) is 2. The fourth-order valence-electron chi connectivity index (χ4n) is 1.99. The third-order valence-corrected chi connectivity index (χ3v) is 3.01. The van der Waals surface area contributed by atoms with Gasteiger partial charge in [0.15, 0.2) is 6.10 Å². The van der Waals surface area contributed by atoms with E-state index in [9.17, 15) is 4.79 Å². The van der Waals surface area contributed by atoms with E-state index in [1.165, 1.54) is 0 Å². The minimum absolute atomic E-state index is 0.209. The molecular formula is C15H22N2O3. The Balaban J connectivity index is 1.85. The number of carbonyl (C=O) groups is 1. The van der Waals surface area contributed by atoms with E-state index in [0.717, 1.165) is 24.4 Å². The van der Waals surface area contributed by atoms with Gasteiger partial charge in [-0.25, -0.2) is 4.79 Å². The summed E-state index contributed by atoms with van der Waals surface area (Å²) < 4.78 is 10.8. The summed E-state index contributed by atoms with van der Waals surface area (Å²) in [6, 6.07) is 7.93. The lowest BCUT2D eigenvalue weighted by Gasteiger charge is -2.14. The Labute approximate surface area is 119 Å². The van der Waals surface area contributed by atoms with Crippen molar-refractivity contribution < 1.29 is 14.3 Å². The number of amides is 1. The zero-order chi connectivity index (χ0) is 14.4. The van der Waals surface area contributed by atoms with E-state index >= 15 is 0 Å². The highest BCUT2D eigenvalue weighted by atomic mass is 16.6. The number of carbonyl (C=O) groups excluding carboxylic acids is 1. The number of hydrogen-bond acceptors (Lipinski definition) is 4. The minimum atomic E-state index is -0.370. The van der Waals surface area contributed by atoms with Crippen molar-refractivity contribution in [2.75, 3.05) is 19.7 Å². The molecule has 5 nitrogen and oxygen atoms in total. The average Bonchev–Trinajstić information content (AvgIpc) is 2.83. The van der Waals surface area contributed by atoms with Gasteiger partial charge < -0.3 is 20.1 Å². The number of rotatable bonds is 7. The van der Waals surface area contributed by atoms with Crippen LogP contribution in [0.2, 0.25) is 0 Å². The summed E-state index contributed by atoms with van der Waals surface area (Å²) in [4.78, 5) is 10.9. The SMILES string of the molecule is CC(C)CNCc1ccccc1OCC1CNC(=O)O1. The zero-order valence-electron chi connectivity index (χ0n) is 12.0. The highest BCUT2D eigenvalue weighted by Gasteiger charge is 2.23. The third-order valence-electron chi connectivity index (χ3n) is 3.01. The van der Waals surface area contributed by atoms with Gasteiger partial charge in [-0.2, -0.15) is 0 Å². The summed E-state index contributed by atoms with van der Waals surface area (Å²) >= 11 is 0. The quantitative estimate of drug-likeness (QED) is 0.800. The highest BCUT2D eigenvalue weighted by Crippen LogP contribution is 2.18. The normalized spacial score (nSPS) is 17.9. The van der Waals surface area contributed by atoms with Crippen molar-refractivity contribution in [3.8, 4) is 5.75 Å². The van der Waals surface area contributed by atoms with E-state index in [-0.39, 0.29) is 12.2 Å². The van der Waals surface area contributed by atoms with Gasteiger partial charge in [-0.1, -0.05) is 32.0 Å². The van der Waals surface area contributed by atoms with Crippen LogP contribution in [-0.2, 0) is 11.3 Å². The second-order valence-electron chi connectivity index (χ2n) is 5.35. The molecule has 0 aromatic heterocycles. The van der Waals surface area contributed by atoms with Crippen molar-refractivity contribution >= 4 is 6.09 Å². The summed E-state index contributed by atoms with van der Waals surface area (Å²) in [5.74, 6) is 1.46. The van der Waals surface area contributed by atoms with Crippen molar-refractivity contribution in [1.82, 2.24) is 10.6 Å². The maximum absolute atomic E-state index is 10.9. The molecule has 1 aromatic carbocycles. The fourth-order valence-corrected chi connectivity index (χ4v) is 1.99. The van der Waals surface area contributed by atoms with Gasteiger partial charge in [0.2, 0.25) is 0 Å². The molecule has 5 heteroatoms. The van der Waals surface area contributed by atoms with Crippen LogP contribution in [0, 0.1) is 5.92 Å². The molecular weight excluding hydrogens is 256 g/mol. The van der Waals surface area contributed by atoms with E-state index in [4.69, 9.17) is 9.47 Å². The van der Waals surface area contributed by atoms with Crippen molar-refractivity contribution in [1.29, 1.82) is 0 Å². The number of cyclic esters (lactones) is 1. The smallest absolute Gasteiger partial charge is 0.407 e. The van der Waals surface area contributed by atoms with Gasteiger partial charge in [0.05, 0.1) is 6.54 Å². The lowest BCUT2D eigenvalue weighted by molar-refractivity contribution is 0.104. The van der Waals surface area contributed by atoms with Crippen LogP contribution >= 0.6 is 0 Å². The molecule has 1 atom stereocenters. The molecule has 1 aliphatic heterocycles. The topological polar surface area (TPSA) is 59.6 Å². The minimum Gasteiger partial charge on any atom is -0.489 e. The van der Waals surface area contributed by atoms with Crippen LogP contribution in [0.4, 0.5) is 4.79 Å². The lowest BCUT2D eigenvalue weighted by atomic mass is 10.2. The van der Waals surface area contributed by atoms with E-state index < -0.39 is 0 Å². The molecule has 0 spiro atoms. The molecule has 1 saturated heterocycles. The fraction of sp³-hybridized carbons (Fsp3) is 0.533. The van der Waals surface area contributed by atoms with Crippen molar-refractivity contribution in [3.05, 3.63) is 29.8 Å². The van der Waals surface area contributed by atoms with Crippen LogP contribution in [0.25, 0.3) is 0 Å². The van der Waals surface area contributed by atoms with Crippen LogP contribution in [0.1, 0.15) is 19.4 Å². The Bertz CT molecular complexity index is 448. The first kappa shape index (κ1) is 14.7. The summed E-state index contributed by atoms with van der Waals surface area (Å²) in [5.41, 5.74) is 1.12. The summed E-state index contributed by atoms with van der Waals surface area (Å²) in [5, 5.41) is 6.01. The maximum atomic E-state index is 10.9. The lowest BCUT2D eigenvalue weighted by Crippen LogP contribution is -2.23. The molecule has 2 N–H and O–H groups in total. The van der Waals surface area contributed by atoms with E-state index in [2.05, 4.69) is 24.5 Å². The second-order valence-corrected chi connectivity index (χ2v) is 5.35. The summed E-state index contributed by atoms with van der Waals surface area (Å²) in [6.45, 7) is 6.98. The van der Waals surface area contributed by atoms with Crippen molar-refractivity contribution in [3.63, 3.8) is 0 Å². The largest absolute Gasteiger partial charge is 0.489 e. The van der Waals surface area contributed by atoms with Crippen molar-refractivity contribution in [2.24, 2.45) is 5.92 Å². The molecule has 1 aromatic rings. The Hall–Kier alpha value is -1.75. The number of hydrogen-bond donors (Lipinski definition) is 2. The van der Waals surface area contributed by atoms with Crippen LogP contribution in [0.15, 0.2) is 24.3 Å². The van der Waals surface area contributed by atoms with Gasteiger partial charge in [-0.3, -0.25) is 0 Å². The van der Waals surface area contributed by atoms with Crippen molar-refractivity contribution in [2.45, 2.75) is 26.5 Å². The molecule has 1 aliphatic rings. The van der Waals surface area contributed by atoms with E-state index in [0.29, 0.717) is 19.1 Å². The van der Waals surface area contributed by atoms with Gasteiger partial charge in [-0.05, 0) is 18.5 Å². The molecule has 20 heavy (non-hydrogen) atoms. The Morgan fingerprint density at radius 1 is 1.45 bits per heavy atom. The first-order valence-electron chi connectivity index (χ1n) is 7.01. The molecule has 0 radical (unpaired) electrons. The van der Waals surface area contributed by atoms with Gasteiger partial charge in [-0.15, -0.1) is 0 Å². The van der Waals surface area contributed by atoms with Gasteiger partial charge >= 0.3 is 6.09 Å². The summed E-state index contributed by atoms with van der Waals surface area (Å²) in [6.07, 6.45) is -0.579. The molecule has 1 unspecified atom stereocenters. The van der Waals surface area contributed by atoms with Crippen LogP contribution in [0.3, 0.4) is 0 Å². The van der Waals surface area contributed by atoms with Gasteiger partial charge in [0.25, 0.3) is 0 Å². The molecule has 0 saturated carbocycles. The molecule has 0 bridgehead atoms. The molecule has 1 fully saturated rings. The first-order chi connectivity index (χ1) is 9.65. The Kier molecular flexibility index (Phi) is 5.24. The predicted molar refractivity (Wildman–Crippen MR) is 76.8 cm³/mol. The van der Waals surface area contributed by atoms with E-state index in [1.807, 2.05) is 24.3 Å². The number of para-hydroxylation sites is 1. The third kappa shape index (κ3) is 4.42. The summed E-state index contributed by atoms with van der Waals surface area (Å²) in [7, 11) is 0. The number of benzene rings is 1. The number of alkyl carbamates (subject to hydrolysis) is 1. The molecule has 2 rings (SSSR count). The average molecular weight is 278 g/mol. The van der Waals surface area contributed by atoms with E-state index in [1.54, 1.807) is 0 Å². The zero-order valence-corrected chi connectivity index (χ0v) is 12.0. The molecule has 0 aliphatic carbocycles. The molecule has 1 heterocycles. The van der Waals surface area contributed by atoms with Crippen LogP contribution in [0.5, 0.6) is 5.75 Å². The molecule has 1 amide bonds. The maximum Gasteiger partial charge on any atom is 0.407 e. The van der Waals surface area contributed by atoms with Gasteiger partial charge in [0, 0.05) is 12.1 Å². The van der Waals surface area contributed by atoms with Crippen LogP contribution in [-0.4, -0.2) is 31.9 Å². The highest BCUT2D eigenvalue weighted by molar-refractivity contribution is 5.69. The Morgan fingerprint density at radius 2 is 2.25 bits per heavy atom. The predicted octanol–water partition coefficient (Wildman–Crippen LogP) is 1.92. The monoisotopic (exact) mass is 278 g/mol. The molecule has 110 valence electrons. The Morgan fingerprint density at radius 3 is 2.95 bits per heavy atom. The standard InChI is InChI=1S/C15H22N2O3/c1-11(2)7-16-8-12-5-3-4-6-14(12)19-10-13-9-17-15(18)20-13/h3-6,11,13,16H,7-10H2,1-2H3,(H,17,18). The van der Waals surface area contributed by atoms with Gasteiger partial charge in [0.1, 0.15) is 12.4 Å². The number of ether oxygens (including phenoxy) is 2. The van der Waals surface area contributed by atoms with Crippen LogP contribution < -0.4 is 15.4 Å². The first-order valence-corrected chi connectivity index (χ1v) is 7.01.